The Morgan fingerprint density at radius 1 is 0.778 bits per heavy atom. The Balaban J connectivity index is 0.00000210. The summed E-state index contributed by atoms with van der Waals surface area (Å²) in [5, 5.41) is 8.47. The quantitative estimate of drug-likeness (QED) is 0.140. The van der Waals surface area contributed by atoms with Crippen LogP contribution in [0.2, 0.25) is 0 Å². The largest absolute Gasteiger partial charge is 0.696 e. The molecule has 0 atom stereocenters. The molecule has 0 N–H and O–H groups in total. The fourth-order valence-corrected chi connectivity index (χ4v) is 3.54. The molecule has 0 aliphatic heterocycles. The third-order valence-electron chi connectivity index (χ3n) is 5.07. The Kier molecular flexibility index (Phi) is 17.5. The van der Waals surface area contributed by atoms with Crippen LogP contribution < -0.4 is 0 Å². The molecule has 2 nitrogen and oxygen atoms in total. The van der Waals surface area contributed by atoms with Crippen LogP contribution in [0.4, 0.5) is 0 Å². The van der Waals surface area contributed by atoms with Gasteiger partial charge in [-0.25, -0.2) is 5.26 Å². The van der Waals surface area contributed by atoms with Crippen LogP contribution in [0.5, 0.6) is 0 Å². The van der Waals surface area contributed by atoms with Gasteiger partial charge in [-0.1, -0.05) is 107 Å². The highest BCUT2D eigenvalue weighted by Crippen LogP contribution is 2.14. The molecular weight excluding hydrogens is 348 g/mol. The van der Waals surface area contributed by atoms with E-state index in [0.717, 1.165) is 11.0 Å². The lowest BCUT2D eigenvalue weighted by Crippen LogP contribution is -2.39. The van der Waals surface area contributed by atoms with Gasteiger partial charge in [-0.2, -0.15) is 0 Å². The van der Waals surface area contributed by atoms with Gasteiger partial charge in [0.25, 0.3) is 0 Å². The Bertz CT molecular complexity index is 465. The molecular formula is C24H42N2S. The van der Waals surface area contributed by atoms with Gasteiger partial charge in [0.05, 0.1) is 20.6 Å². The maximum Gasteiger partial charge on any atom is 0.104 e. The van der Waals surface area contributed by atoms with Gasteiger partial charge < -0.3 is 17.1 Å². The number of nitrogens with zero attached hydrogens (tertiary/aromatic N) is 2. The molecule has 1 aromatic rings. The second kappa shape index (κ2) is 18.3. The van der Waals surface area contributed by atoms with E-state index in [2.05, 4.69) is 64.0 Å². The summed E-state index contributed by atoms with van der Waals surface area (Å²) in [6.45, 7) is 4.74. The molecule has 0 fully saturated rings. The van der Waals surface area contributed by atoms with Gasteiger partial charge in [0.1, 0.15) is 6.54 Å². The van der Waals surface area contributed by atoms with Gasteiger partial charge >= 0.3 is 0 Å². The summed E-state index contributed by atoms with van der Waals surface area (Å²) in [6, 6.07) is 10.9. The number of rotatable bonds is 15. The number of unbranched alkanes of at least 4 members (excludes halogenated alkanes) is 11. The molecule has 0 aliphatic rings. The number of nitriles is 1. The van der Waals surface area contributed by atoms with E-state index < -0.39 is 0 Å². The van der Waals surface area contributed by atoms with Crippen molar-refractivity contribution >= 4 is 12.6 Å². The van der Waals surface area contributed by atoms with Crippen molar-refractivity contribution in [1.29, 1.82) is 5.26 Å². The van der Waals surface area contributed by atoms with Crippen molar-refractivity contribution < 1.29 is 4.48 Å². The molecule has 3 heteroatoms. The molecule has 0 unspecified atom stereocenters. The lowest BCUT2D eigenvalue weighted by molar-refractivity contribution is -0.903. The first-order valence-electron chi connectivity index (χ1n) is 10.9. The average Bonchev–Trinajstić information content (AvgIpc) is 2.64. The van der Waals surface area contributed by atoms with E-state index in [9.17, 15) is 0 Å². The van der Waals surface area contributed by atoms with Crippen LogP contribution >= 0.6 is 0 Å². The minimum Gasteiger partial charge on any atom is -0.696 e. The summed E-state index contributed by atoms with van der Waals surface area (Å²) in [6.07, 6.45) is 17.2. The topological polar surface area (TPSA) is 23.8 Å². The minimum atomic E-state index is 1.11. The van der Waals surface area contributed by atoms with Gasteiger partial charge in [-0.3, -0.25) is 0 Å². The zero-order valence-corrected chi connectivity index (χ0v) is 18.9. The summed E-state index contributed by atoms with van der Waals surface area (Å²) in [5.41, 5.74) is 1.46. The Morgan fingerprint density at radius 3 is 1.63 bits per heavy atom. The maximum absolute atomic E-state index is 7.13. The monoisotopic (exact) mass is 390 g/mol. The summed E-state index contributed by atoms with van der Waals surface area (Å²) in [4.78, 5) is 0. The van der Waals surface area contributed by atoms with Gasteiger partial charge in [-0.05, 0) is 12.8 Å². The average molecular weight is 391 g/mol. The minimum absolute atomic E-state index is 1.11. The zero-order valence-electron chi connectivity index (χ0n) is 18.1. The van der Waals surface area contributed by atoms with E-state index in [1.54, 1.807) is 0 Å². The Labute approximate surface area is 175 Å². The molecule has 1 rings (SSSR count). The van der Waals surface area contributed by atoms with E-state index in [1.807, 2.05) is 0 Å². The predicted molar refractivity (Wildman–Crippen MR) is 121 cm³/mol. The molecule has 0 radical (unpaired) electrons. The maximum atomic E-state index is 7.13. The third-order valence-corrected chi connectivity index (χ3v) is 5.07. The fourth-order valence-electron chi connectivity index (χ4n) is 3.54. The van der Waals surface area contributed by atoms with Gasteiger partial charge in [-0.15, -0.1) is 0 Å². The molecule has 154 valence electrons. The van der Waals surface area contributed by atoms with Gasteiger partial charge in [0, 0.05) is 5.56 Å². The van der Waals surface area contributed by atoms with E-state index in [-0.39, 0.29) is 0 Å². The molecule has 27 heavy (non-hydrogen) atoms. The van der Waals surface area contributed by atoms with Crippen molar-refractivity contribution in [2.24, 2.45) is 0 Å². The first-order chi connectivity index (χ1) is 13.1. The van der Waals surface area contributed by atoms with E-state index in [1.165, 1.54) is 94.6 Å². The molecule has 0 spiro atoms. The molecule has 0 heterocycles. The summed E-state index contributed by atoms with van der Waals surface area (Å²) < 4.78 is 1.11. The highest BCUT2D eigenvalue weighted by molar-refractivity contribution is 7.64. The number of benzene rings is 1. The van der Waals surface area contributed by atoms with Crippen molar-refractivity contribution in [3.05, 3.63) is 35.9 Å². The van der Waals surface area contributed by atoms with Crippen molar-refractivity contribution in [2.75, 3.05) is 20.6 Å². The van der Waals surface area contributed by atoms with Crippen molar-refractivity contribution in [1.82, 2.24) is 0 Å². The van der Waals surface area contributed by atoms with Crippen LogP contribution in [0.25, 0.3) is 0 Å². The third kappa shape index (κ3) is 18.0. The van der Waals surface area contributed by atoms with Crippen LogP contribution in [-0.2, 0) is 19.2 Å². The molecule has 0 saturated heterocycles. The van der Waals surface area contributed by atoms with E-state index >= 15 is 0 Å². The van der Waals surface area contributed by atoms with Crippen LogP contribution in [-0.4, -0.2) is 25.1 Å². The summed E-state index contributed by atoms with van der Waals surface area (Å²) >= 11 is 3.70. The number of hydrogen-bond acceptors (Lipinski definition) is 2. The van der Waals surface area contributed by atoms with E-state index in [0.29, 0.717) is 0 Å². The standard InChI is InChI=1S/C23H42N.CHNS/c1-4-5-6-7-8-9-10-11-12-13-14-18-21-24(2,3)22-23-19-16-15-17-20-23;2-1-3/h15-17,19-20H,4-14,18,21-22H2,1-3H3;3H/q+1;/p-1. The Hall–Kier alpha value is -1.11. The van der Waals surface area contributed by atoms with Crippen molar-refractivity contribution in [3.8, 4) is 5.40 Å². The Morgan fingerprint density at radius 2 is 1.19 bits per heavy atom. The first-order valence-corrected chi connectivity index (χ1v) is 11.3. The van der Waals surface area contributed by atoms with Crippen LogP contribution in [0, 0.1) is 10.7 Å². The molecule has 0 aromatic heterocycles. The number of thiocyanates is 1. The molecule has 0 saturated carbocycles. The molecule has 0 aliphatic carbocycles. The molecule has 1 aromatic carbocycles. The second-order valence-corrected chi connectivity index (χ2v) is 8.47. The summed E-state index contributed by atoms with van der Waals surface area (Å²) in [5.74, 6) is 0. The number of hydrogen-bond donors (Lipinski definition) is 0. The SMILES string of the molecule is CCCCCCCCCCCCCC[N+](C)(C)Cc1ccccc1.N#C[S-]. The fraction of sp³-hybridized carbons (Fsp3) is 0.708. The van der Waals surface area contributed by atoms with Crippen LogP contribution in [0.1, 0.15) is 89.5 Å². The summed E-state index contributed by atoms with van der Waals surface area (Å²) in [7, 11) is 4.73. The molecule has 0 bridgehead atoms. The zero-order chi connectivity index (χ0) is 20.2. The highest BCUT2D eigenvalue weighted by Gasteiger charge is 2.14. The van der Waals surface area contributed by atoms with Gasteiger partial charge in [0.15, 0.2) is 0 Å². The normalized spacial score (nSPS) is 10.7. The lowest BCUT2D eigenvalue weighted by Gasteiger charge is -2.30. The number of quaternary nitrogens is 1. The second-order valence-electron chi connectivity index (χ2n) is 8.28. The lowest BCUT2D eigenvalue weighted by atomic mass is 10.1. The van der Waals surface area contributed by atoms with Gasteiger partial charge in [0.2, 0.25) is 0 Å². The van der Waals surface area contributed by atoms with Crippen molar-refractivity contribution in [2.45, 2.75) is 90.5 Å². The first kappa shape index (κ1) is 25.9. The van der Waals surface area contributed by atoms with Crippen LogP contribution in [0.15, 0.2) is 30.3 Å². The van der Waals surface area contributed by atoms with Crippen LogP contribution in [0.3, 0.4) is 0 Å². The van der Waals surface area contributed by atoms with E-state index in [4.69, 9.17) is 5.26 Å². The molecule has 0 amide bonds. The smallest absolute Gasteiger partial charge is 0.104 e. The highest BCUT2D eigenvalue weighted by atomic mass is 32.1. The predicted octanol–water partition coefficient (Wildman–Crippen LogP) is 6.98. The van der Waals surface area contributed by atoms with Crippen molar-refractivity contribution in [3.63, 3.8) is 0 Å².